The largest absolute Gasteiger partial charge is 0.493 e. The van der Waals surface area contributed by atoms with Crippen LogP contribution in [0.5, 0.6) is 5.75 Å². The minimum Gasteiger partial charge on any atom is -0.493 e. The van der Waals surface area contributed by atoms with Crippen LogP contribution in [-0.4, -0.2) is 25.5 Å². The molecule has 3 rings (SSSR count). The second-order valence-electron chi connectivity index (χ2n) is 6.31. The van der Waals surface area contributed by atoms with E-state index < -0.39 is 0 Å². The highest BCUT2D eigenvalue weighted by Gasteiger charge is 2.16. The van der Waals surface area contributed by atoms with Gasteiger partial charge in [-0.3, -0.25) is 9.59 Å². The van der Waals surface area contributed by atoms with Crippen molar-refractivity contribution in [1.82, 2.24) is 0 Å². The maximum atomic E-state index is 12.8. The Labute approximate surface area is 178 Å². The first-order valence-electron chi connectivity index (χ1n) is 9.16. The summed E-state index contributed by atoms with van der Waals surface area (Å²) in [5, 5.41) is 2.85. The van der Waals surface area contributed by atoms with Gasteiger partial charge in [0, 0.05) is 28.5 Å². The number of carbonyl (C=O) groups is 2. The Morgan fingerprint density at radius 1 is 1.00 bits per heavy atom. The fourth-order valence-electron chi connectivity index (χ4n) is 2.85. The fraction of sp³-hybridized carbons (Fsp3) is 0.130. The summed E-state index contributed by atoms with van der Waals surface area (Å²) in [4.78, 5) is 27.2. The van der Waals surface area contributed by atoms with E-state index in [0.717, 1.165) is 10.2 Å². The Balaban J connectivity index is 1.81. The van der Waals surface area contributed by atoms with Crippen LogP contribution in [-0.2, 0) is 0 Å². The average molecular weight is 453 g/mol. The van der Waals surface area contributed by atoms with Gasteiger partial charge >= 0.3 is 0 Å². The number of benzene rings is 3. The molecule has 29 heavy (non-hydrogen) atoms. The van der Waals surface area contributed by atoms with Gasteiger partial charge in [-0.05, 0) is 55.5 Å². The van der Waals surface area contributed by atoms with Crippen LogP contribution in [0.15, 0.2) is 77.3 Å². The fourth-order valence-corrected chi connectivity index (χ4v) is 3.21. The Kier molecular flexibility index (Phi) is 6.67. The molecule has 0 aliphatic heterocycles. The Bertz CT molecular complexity index is 1020. The topological polar surface area (TPSA) is 58.6 Å². The van der Waals surface area contributed by atoms with E-state index in [9.17, 15) is 9.59 Å². The van der Waals surface area contributed by atoms with Crippen molar-refractivity contribution >= 4 is 39.1 Å². The molecular weight excluding hydrogens is 432 g/mol. The van der Waals surface area contributed by atoms with Crippen LogP contribution in [0.2, 0.25) is 0 Å². The lowest BCUT2D eigenvalue weighted by Gasteiger charge is -2.18. The van der Waals surface area contributed by atoms with Gasteiger partial charge in [0.2, 0.25) is 0 Å². The maximum Gasteiger partial charge on any atom is 0.259 e. The number of hydrogen-bond donors (Lipinski definition) is 1. The third-order valence-corrected chi connectivity index (χ3v) is 4.79. The monoisotopic (exact) mass is 452 g/mol. The summed E-state index contributed by atoms with van der Waals surface area (Å²) >= 11 is 3.38. The van der Waals surface area contributed by atoms with Crippen LogP contribution in [0, 0.1) is 0 Å². The first-order valence-corrected chi connectivity index (χ1v) is 9.95. The van der Waals surface area contributed by atoms with Gasteiger partial charge in [-0.2, -0.15) is 0 Å². The van der Waals surface area contributed by atoms with Gasteiger partial charge in [-0.1, -0.05) is 40.2 Å². The molecule has 0 aliphatic rings. The zero-order valence-corrected chi connectivity index (χ0v) is 17.8. The first-order chi connectivity index (χ1) is 14.0. The zero-order valence-electron chi connectivity index (χ0n) is 16.2. The van der Waals surface area contributed by atoms with E-state index in [1.807, 2.05) is 43.3 Å². The molecule has 0 saturated carbocycles. The summed E-state index contributed by atoms with van der Waals surface area (Å²) in [5.74, 6) is 0.0322. The van der Waals surface area contributed by atoms with Crippen LogP contribution in [0.4, 0.5) is 11.4 Å². The third kappa shape index (κ3) is 5.03. The molecule has 0 heterocycles. The van der Waals surface area contributed by atoms with Crippen molar-refractivity contribution in [1.29, 1.82) is 0 Å². The number of ether oxygens (including phenoxy) is 1. The summed E-state index contributed by atoms with van der Waals surface area (Å²) in [7, 11) is 1.72. The summed E-state index contributed by atoms with van der Waals surface area (Å²) in [6.07, 6.45) is 0. The van der Waals surface area contributed by atoms with E-state index in [2.05, 4.69) is 21.2 Å². The molecule has 148 valence electrons. The SMILES string of the molecule is CCOc1ccc(Br)cc1C(=O)Nc1cccc(C(=O)N(C)c2ccccc2)c1. The predicted octanol–water partition coefficient (Wildman–Crippen LogP) is 5.38. The molecule has 0 unspecified atom stereocenters. The molecule has 0 spiro atoms. The van der Waals surface area contributed by atoms with Gasteiger partial charge in [0.25, 0.3) is 11.8 Å². The molecule has 0 atom stereocenters. The van der Waals surface area contributed by atoms with Crippen molar-refractivity contribution in [3.8, 4) is 5.75 Å². The molecule has 0 bridgehead atoms. The van der Waals surface area contributed by atoms with Gasteiger partial charge in [0.05, 0.1) is 12.2 Å². The van der Waals surface area contributed by atoms with Gasteiger partial charge < -0.3 is 15.0 Å². The lowest BCUT2D eigenvalue weighted by atomic mass is 10.1. The van der Waals surface area contributed by atoms with Crippen LogP contribution in [0.1, 0.15) is 27.6 Å². The molecule has 0 aromatic heterocycles. The van der Waals surface area contributed by atoms with Crippen molar-refractivity contribution in [2.24, 2.45) is 0 Å². The molecule has 3 aromatic rings. The van der Waals surface area contributed by atoms with Crippen molar-refractivity contribution in [3.05, 3.63) is 88.4 Å². The predicted molar refractivity (Wildman–Crippen MR) is 119 cm³/mol. The highest BCUT2D eigenvalue weighted by molar-refractivity contribution is 9.10. The van der Waals surface area contributed by atoms with E-state index in [4.69, 9.17) is 4.74 Å². The second-order valence-corrected chi connectivity index (χ2v) is 7.22. The number of amides is 2. The molecule has 1 N–H and O–H groups in total. The third-order valence-electron chi connectivity index (χ3n) is 4.30. The van der Waals surface area contributed by atoms with Gasteiger partial charge in [-0.15, -0.1) is 0 Å². The Morgan fingerprint density at radius 2 is 1.76 bits per heavy atom. The number of rotatable bonds is 6. The average Bonchev–Trinajstić information content (AvgIpc) is 2.75. The molecule has 5 nitrogen and oxygen atoms in total. The van der Waals surface area contributed by atoms with E-state index in [0.29, 0.717) is 29.2 Å². The minimum atomic E-state index is -0.309. The molecule has 0 aliphatic carbocycles. The number of para-hydroxylation sites is 1. The summed E-state index contributed by atoms with van der Waals surface area (Å²) in [6.45, 7) is 2.32. The Morgan fingerprint density at radius 3 is 2.48 bits per heavy atom. The molecule has 0 saturated heterocycles. The summed E-state index contributed by atoms with van der Waals surface area (Å²) < 4.78 is 6.33. The maximum absolute atomic E-state index is 12.8. The normalized spacial score (nSPS) is 10.3. The molecule has 0 fully saturated rings. The second kappa shape index (κ2) is 9.39. The first kappa shape index (κ1) is 20.6. The van der Waals surface area contributed by atoms with Crippen molar-refractivity contribution in [2.75, 3.05) is 23.9 Å². The van der Waals surface area contributed by atoms with Crippen LogP contribution in [0.3, 0.4) is 0 Å². The zero-order chi connectivity index (χ0) is 20.8. The van der Waals surface area contributed by atoms with Gasteiger partial charge in [-0.25, -0.2) is 0 Å². The van der Waals surface area contributed by atoms with Gasteiger partial charge in [0.1, 0.15) is 5.75 Å². The summed E-state index contributed by atoms with van der Waals surface area (Å²) in [5.41, 5.74) is 2.22. The van der Waals surface area contributed by atoms with E-state index >= 15 is 0 Å². The molecular formula is C23H21BrN2O3. The van der Waals surface area contributed by atoms with Crippen molar-refractivity contribution < 1.29 is 14.3 Å². The molecule has 2 amide bonds. The van der Waals surface area contributed by atoms with Crippen LogP contribution in [0.25, 0.3) is 0 Å². The van der Waals surface area contributed by atoms with Crippen LogP contribution >= 0.6 is 15.9 Å². The lowest BCUT2D eigenvalue weighted by molar-refractivity contribution is 0.0989. The smallest absolute Gasteiger partial charge is 0.259 e. The standard InChI is InChI=1S/C23H21BrN2O3/c1-3-29-21-13-12-17(24)15-20(21)22(27)25-18-9-7-8-16(14-18)23(28)26(2)19-10-5-4-6-11-19/h4-15H,3H2,1-2H3,(H,25,27). The summed E-state index contributed by atoms with van der Waals surface area (Å²) in [6, 6.07) is 21.5. The van der Waals surface area contributed by atoms with E-state index in [-0.39, 0.29) is 11.8 Å². The van der Waals surface area contributed by atoms with Gasteiger partial charge in [0.15, 0.2) is 0 Å². The number of anilines is 2. The highest BCUT2D eigenvalue weighted by atomic mass is 79.9. The van der Waals surface area contributed by atoms with Crippen molar-refractivity contribution in [3.63, 3.8) is 0 Å². The number of hydrogen-bond acceptors (Lipinski definition) is 3. The number of halogens is 1. The Hall–Kier alpha value is -3.12. The van der Waals surface area contributed by atoms with Crippen LogP contribution < -0.4 is 15.0 Å². The van der Waals surface area contributed by atoms with Crippen molar-refractivity contribution in [2.45, 2.75) is 6.92 Å². The number of nitrogens with zero attached hydrogens (tertiary/aromatic N) is 1. The van der Waals surface area contributed by atoms with E-state index in [1.54, 1.807) is 48.3 Å². The highest BCUT2D eigenvalue weighted by Crippen LogP contribution is 2.25. The lowest BCUT2D eigenvalue weighted by Crippen LogP contribution is -2.26. The number of nitrogens with one attached hydrogen (secondary N) is 1. The minimum absolute atomic E-state index is 0.162. The molecule has 0 radical (unpaired) electrons. The van der Waals surface area contributed by atoms with E-state index in [1.165, 1.54) is 0 Å². The number of carbonyl (C=O) groups excluding carboxylic acids is 2. The quantitative estimate of drug-likeness (QED) is 0.546. The molecule has 6 heteroatoms. The molecule has 3 aromatic carbocycles.